The zero-order valence-electron chi connectivity index (χ0n) is 15.5. The van der Waals surface area contributed by atoms with E-state index >= 15 is 0 Å². The van der Waals surface area contributed by atoms with Crippen molar-refractivity contribution in [2.75, 3.05) is 26.7 Å². The minimum Gasteiger partial charge on any atom is -0.370 e. The van der Waals surface area contributed by atoms with Gasteiger partial charge in [-0.2, -0.15) is 0 Å². The number of morpholine rings is 1. The predicted octanol–water partition coefficient (Wildman–Crippen LogP) is 1.68. The summed E-state index contributed by atoms with van der Waals surface area (Å²) in [5, 5.41) is 12.0. The molecule has 2 aliphatic heterocycles. The third-order valence-corrected chi connectivity index (χ3v) is 5.20. The third kappa shape index (κ3) is 3.31. The Morgan fingerprint density at radius 1 is 1.31 bits per heavy atom. The van der Waals surface area contributed by atoms with Crippen LogP contribution in [0.3, 0.4) is 0 Å². The summed E-state index contributed by atoms with van der Waals surface area (Å²) in [6.07, 6.45) is 2.26. The highest BCUT2D eigenvalue weighted by Gasteiger charge is 2.25. The fraction of sp³-hybridized carbons (Fsp3) is 0.526. The molecule has 0 amide bonds. The van der Waals surface area contributed by atoms with Gasteiger partial charge >= 0.3 is 0 Å². The van der Waals surface area contributed by atoms with Crippen LogP contribution in [-0.2, 0) is 24.2 Å². The molecule has 1 atom stereocenters. The van der Waals surface area contributed by atoms with E-state index in [9.17, 15) is 0 Å². The molecule has 138 valence electrons. The van der Waals surface area contributed by atoms with E-state index in [-0.39, 0.29) is 6.10 Å². The summed E-state index contributed by atoms with van der Waals surface area (Å²) in [5.41, 5.74) is 2.52. The van der Waals surface area contributed by atoms with Crippen molar-refractivity contribution >= 4 is 5.96 Å². The topological polar surface area (TPSA) is 67.6 Å². The van der Waals surface area contributed by atoms with Crippen LogP contribution < -0.4 is 5.32 Å². The number of benzene rings is 1. The zero-order chi connectivity index (χ0) is 17.9. The number of hydrogen-bond acceptors (Lipinski definition) is 4. The molecule has 2 aromatic rings. The average Bonchev–Trinajstić information content (AvgIpc) is 3.27. The van der Waals surface area contributed by atoms with Crippen molar-refractivity contribution in [3.8, 4) is 0 Å². The lowest BCUT2D eigenvalue weighted by atomic mass is 10.0. The van der Waals surface area contributed by atoms with Gasteiger partial charge in [0, 0.05) is 26.6 Å². The number of guanidine groups is 1. The summed E-state index contributed by atoms with van der Waals surface area (Å²) in [5.74, 6) is 2.98. The Morgan fingerprint density at radius 3 is 3.04 bits per heavy atom. The highest BCUT2D eigenvalue weighted by Crippen LogP contribution is 2.25. The molecule has 26 heavy (non-hydrogen) atoms. The first-order valence-corrected chi connectivity index (χ1v) is 9.30. The van der Waals surface area contributed by atoms with E-state index in [1.807, 2.05) is 7.05 Å². The molecular formula is C19H26N6O. The van der Waals surface area contributed by atoms with Crippen LogP contribution in [0.25, 0.3) is 0 Å². The Hall–Kier alpha value is -2.41. The van der Waals surface area contributed by atoms with E-state index in [0.717, 1.165) is 50.1 Å². The number of hydrogen-bond donors (Lipinski definition) is 1. The maximum atomic E-state index is 6.03. The Morgan fingerprint density at radius 2 is 2.19 bits per heavy atom. The standard InChI is InChI=1S/C19H26N6O/c1-14-6-3-4-7-15(14)16-13-24(10-11-26-16)19(20-2)21-12-18-23-22-17-8-5-9-25(17)18/h3-4,6-7,16H,5,8-13H2,1-2H3,(H,20,21). The van der Waals surface area contributed by atoms with Crippen LogP contribution in [0.1, 0.15) is 35.3 Å². The molecule has 0 radical (unpaired) electrons. The van der Waals surface area contributed by atoms with E-state index in [1.165, 1.54) is 11.1 Å². The molecule has 4 rings (SSSR count). The van der Waals surface area contributed by atoms with Crippen molar-refractivity contribution < 1.29 is 4.74 Å². The Bertz CT molecular complexity index is 799. The molecule has 0 saturated carbocycles. The number of aliphatic imine (C=N–C) groups is 1. The van der Waals surface area contributed by atoms with Crippen LogP contribution in [0.15, 0.2) is 29.3 Å². The molecule has 7 heteroatoms. The van der Waals surface area contributed by atoms with Crippen LogP contribution in [0, 0.1) is 6.92 Å². The van der Waals surface area contributed by atoms with Gasteiger partial charge < -0.3 is 19.5 Å². The van der Waals surface area contributed by atoms with Crippen molar-refractivity contribution in [2.45, 2.75) is 39.0 Å². The van der Waals surface area contributed by atoms with Gasteiger partial charge in [-0.15, -0.1) is 10.2 Å². The predicted molar refractivity (Wildman–Crippen MR) is 100.0 cm³/mol. The molecule has 1 aromatic heterocycles. The van der Waals surface area contributed by atoms with Gasteiger partial charge in [0.15, 0.2) is 11.8 Å². The largest absolute Gasteiger partial charge is 0.370 e. The van der Waals surface area contributed by atoms with Gasteiger partial charge in [0.25, 0.3) is 0 Å². The Kier molecular flexibility index (Phi) is 4.88. The second kappa shape index (κ2) is 7.45. The molecule has 1 unspecified atom stereocenters. The Labute approximate surface area is 154 Å². The van der Waals surface area contributed by atoms with Gasteiger partial charge in [0.05, 0.1) is 19.7 Å². The summed E-state index contributed by atoms with van der Waals surface area (Å²) >= 11 is 0. The highest BCUT2D eigenvalue weighted by atomic mass is 16.5. The quantitative estimate of drug-likeness (QED) is 0.671. The summed E-state index contributed by atoms with van der Waals surface area (Å²) in [4.78, 5) is 6.74. The van der Waals surface area contributed by atoms with Gasteiger partial charge in [-0.25, -0.2) is 0 Å². The first kappa shape index (κ1) is 17.0. The van der Waals surface area contributed by atoms with Crippen molar-refractivity contribution in [2.24, 2.45) is 4.99 Å². The van der Waals surface area contributed by atoms with Gasteiger partial charge in [0.2, 0.25) is 0 Å². The van der Waals surface area contributed by atoms with E-state index in [1.54, 1.807) is 0 Å². The molecule has 0 aliphatic carbocycles. The lowest BCUT2D eigenvalue weighted by molar-refractivity contribution is -0.00835. The molecule has 7 nitrogen and oxygen atoms in total. The van der Waals surface area contributed by atoms with Crippen LogP contribution >= 0.6 is 0 Å². The number of nitrogens with zero attached hydrogens (tertiary/aromatic N) is 5. The van der Waals surface area contributed by atoms with Crippen LogP contribution in [-0.4, -0.2) is 52.4 Å². The monoisotopic (exact) mass is 354 g/mol. The fourth-order valence-electron chi connectivity index (χ4n) is 3.81. The number of aromatic nitrogens is 3. The zero-order valence-corrected chi connectivity index (χ0v) is 15.5. The van der Waals surface area contributed by atoms with Gasteiger partial charge in [0.1, 0.15) is 11.9 Å². The lowest BCUT2D eigenvalue weighted by Crippen LogP contribution is -2.48. The molecule has 1 aromatic carbocycles. The summed E-state index contributed by atoms with van der Waals surface area (Å²) < 4.78 is 8.25. The fourth-order valence-corrected chi connectivity index (χ4v) is 3.81. The molecule has 1 fully saturated rings. The average molecular weight is 354 g/mol. The number of rotatable bonds is 3. The van der Waals surface area contributed by atoms with E-state index < -0.39 is 0 Å². The second-order valence-electron chi connectivity index (χ2n) is 6.85. The van der Waals surface area contributed by atoms with E-state index in [0.29, 0.717) is 13.2 Å². The van der Waals surface area contributed by atoms with E-state index in [2.05, 4.69) is 61.2 Å². The molecule has 1 N–H and O–H groups in total. The van der Waals surface area contributed by atoms with Crippen molar-refractivity contribution in [1.29, 1.82) is 0 Å². The number of aryl methyl sites for hydroxylation is 2. The van der Waals surface area contributed by atoms with Crippen LogP contribution in [0.4, 0.5) is 0 Å². The van der Waals surface area contributed by atoms with Crippen molar-refractivity contribution in [3.63, 3.8) is 0 Å². The van der Waals surface area contributed by atoms with Gasteiger partial charge in [-0.3, -0.25) is 4.99 Å². The summed E-state index contributed by atoms with van der Waals surface area (Å²) in [6, 6.07) is 8.43. The second-order valence-corrected chi connectivity index (χ2v) is 6.85. The van der Waals surface area contributed by atoms with Crippen LogP contribution in [0.5, 0.6) is 0 Å². The maximum absolute atomic E-state index is 6.03. The Balaban J connectivity index is 1.42. The summed E-state index contributed by atoms with van der Waals surface area (Å²) in [7, 11) is 1.83. The maximum Gasteiger partial charge on any atom is 0.194 e. The molecule has 1 saturated heterocycles. The van der Waals surface area contributed by atoms with Gasteiger partial charge in [-0.05, 0) is 24.5 Å². The molecule has 2 aliphatic rings. The van der Waals surface area contributed by atoms with Gasteiger partial charge in [-0.1, -0.05) is 24.3 Å². The first-order valence-electron chi connectivity index (χ1n) is 9.30. The molecule has 3 heterocycles. The first-order chi connectivity index (χ1) is 12.8. The lowest BCUT2D eigenvalue weighted by Gasteiger charge is -2.35. The minimum absolute atomic E-state index is 0.0702. The SMILES string of the molecule is CN=C(NCc1nnc2n1CCC2)N1CCOC(c2ccccc2C)C1. The summed E-state index contributed by atoms with van der Waals surface area (Å²) in [6.45, 7) is 6.12. The highest BCUT2D eigenvalue weighted by molar-refractivity contribution is 5.80. The third-order valence-electron chi connectivity index (χ3n) is 5.20. The smallest absolute Gasteiger partial charge is 0.194 e. The normalized spacial score (nSPS) is 20.3. The number of fused-ring (bicyclic) bond motifs is 1. The van der Waals surface area contributed by atoms with Crippen molar-refractivity contribution in [3.05, 3.63) is 47.0 Å². The van der Waals surface area contributed by atoms with E-state index in [4.69, 9.17) is 4.74 Å². The minimum atomic E-state index is 0.0702. The molecule has 0 bridgehead atoms. The molecule has 0 spiro atoms. The number of ether oxygens (including phenoxy) is 1. The number of nitrogens with one attached hydrogen (secondary N) is 1. The van der Waals surface area contributed by atoms with Crippen LogP contribution in [0.2, 0.25) is 0 Å². The van der Waals surface area contributed by atoms with Crippen molar-refractivity contribution in [1.82, 2.24) is 25.0 Å². The molecular weight excluding hydrogens is 328 g/mol.